The van der Waals surface area contributed by atoms with Crippen LogP contribution < -0.4 is 0 Å². The smallest absolute Gasteiger partial charge is 0.244 e. The molecule has 6 nitrogen and oxygen atoms in total. The van der Waals surface area contributed by atoms with Crippen LogP contribution in [-0.4, -0.2) is 48.7 Å². The zero-order valence-corrected chi connectivity index (χ0v) is 16.8. The number of sulfonamides is 1. The van der Waals surface area contributed by atoms with E-state index in [4.69, 9.17) is 28.5 Å². The van der Waals surface area contributed by atoms with Crippen molar-refractivity contribution >= 4 is 39.1 Å². The summed E-state index contributed by atoms with van der Waals surface area (Å²) in [5.41, 5.74) is 0. The van der Waals surface area contributed by atoms with Gasteiger partial charge in [0.05, 0.1) is 11.0 Å². The fourth-order valence-corrected chi connectivity index (χ4v) is 6.52. The highest BCUT2D eigenvalue weighted by atomic mass is 35.5. The molecule has 2 fully saturated rings. The number of hydrogen-bond donors (Lipinski definition) is 0. The van der Waals surface area contributed by atoms with E-state index in [1.807, 2.05) is 6.07 Å². The van der Waals surface area contributed by atoms with Crippen LogP contribution in [0.25, 0.3) is 0 Å². The van der Waals surface area contributed by atoms with Crippen molar-refractivity contribution in [2.24, 2.45) is 5.92 Å². The molecule has 0 unspecified atom stereocenters. The average Bonchev–Trinajstić information content (AvgIpc) is 2.68. The van der Waals surface area contributed by atoms with Crippen molar-refractivity contribution in [1.29, 1.82) is 5.26 Å². The molecule has 144 valence electrons. The summed E-state index contributed by atoms with van der Waals surface area (Å²) in [6.07, 6.45) is 3.43. The zero-order chi connectivity index (χ0) is 19.8. The Balaban J connectivity index is 2.13. The van der Waals surface area contributed by atoms with Gasteiger partial charge >= 0.3 is 0 Å². The minimum atomic E-state index is -4.02. The number of benzene rings is 1. The van der Waals surface area contributed by atoms with Crippen molar-refractivity contribution in [2.45, 2.75) is 36.2 Å². The summed E-state index contributed by atoms with van der Waals surface area (Å²) >= 11 is 12.0. The lowest BCUT2D eigenvalue weighted by Gasteiger charge is -2.40. The fraction of sp³-hybridized carbons (Fsp3) is 0.444. The maximum Gasteiger partial charge on any atom is 0.244 e. The molecule has 0 aliphatic carbocycles. The number of nitriles is 1. The molecule has 2 bridgehead atoms. The van der Waals surface area contributed by atoms with E-state index >= 15 is 0 Å². The average molecular weight is 428 g/mol. The maximum atomic E-state index is 13.5. The van der Waals surface area contributed by atoms with Gasteiger partial charge in [0.15, 0.2) is 0 Å². The van der Waals surface area contributed by atoms with Crippen LogP contribution in [0.2, 0.25) is 10.0 Å². The highest BCUT2D eigenvalue weighted by molar-refractivity contribution is 7.89. The van der Waals surface area contributed by atoms with Gasteiger partial charge in [0.1, 0.15) is 12.6 Å². The van der Waals surface area contributed by atoms with Crippen LogP contribution in [0.4, 0.5) is 0 Å². The van der Waals surface area contributed by atoms with E-state index in [2.05, 4.69) is 6.58 Å². The van der Waals surface area contributed by atoms with E-state index in [-0.39, 0.29) is 39.9 Å². The first-order valence-corrected chi connectivity index (χ1v) is 10.8. The Morgan fingerprint density at radius 1 is 1.26 bits per heavy atom. The van der Waals surface area contributed by atoms with E-state index < -0.39 is 22.1 Å². The van der Waals surface area contributed by atoms with Crippen molar-refractivity contribution in [3.63, 3.8) is 0 Å². The summed E-state index contributed by atoms with van der Waals surface area (Å²) in [6, 6.07) is 4.87. The molecule has 0 radical (unpaired) electrons. The Morgan fingerprint density at radius 2 is 1.93 bits per heavy atom. The van der Waals surface area contributed by atoms with Gasteiger partial charge in [-0.1, -0.05) is 29.3 Å². The summed E-state index contributed by atoms with van der Waals surface area (Å²) in [7, 11) is -4.02. The van der Waals surface area contributed by atoms with Crippen molar-refractivity contribution < 1.29 is 13.2 Å². The Morgan fingerprint density at radius 3 is 2.52 bits per heavy atom. The normalized spacial score (nSPS) is 26.3. The van der Waals surface area contributed by atoms with Gasteiger partial charge < -0.3 is 4.90 Å². The summed E-state index contributed by atoms with van der Waals surface area (Å²) in [6.45, 7) is 4.02. The first-order chi connectivity index (χ1) is 12.8. The summed E-state index contributed by atoms with van der Waals surface area (Å²) in [5.74, 6) is -0.612. The van der Waals surface area contributed by atoms with E-state index in [0.29, 0.717) is 12.8 Å². The second-order valence-corrected chi connectivity index (χ2v) is 9.45. The molecule has 2 saturated heterocycles. The lowest BCUT2D eigenvalue weighted by Crippen LogP contribution is -2.54. The number of fused-ring (bicyclic) bond motifs is 2. The molecule has 2 aliphatic rings. The lowest BCUT2D eigenvalue weighted by atomic mass is 9.90. The molecule has 1 aromatic carbocycles. The van der Waals surface area contributed by atoms with Crippen LogP contribution in [0, 0.1) is 17.2 Å². The summed E-state index contributed by atoms with van der Waals surface area (Å²) in [4.78, 5) is 14.4. The van der Waals surface area contributed by atoms with Gasteiger partial charge in [-0.2, -0.15) is 9.57 Å². The predicted molar refractivity (Wildman–Crippen MR) is 103 cm³/mol. The standard InChI is InChI=1S/C18H19Cl2N3O3S/c1-2-12-11-22(7-6-21)18(24)17-5-3-4-16(12)23(17)27(25,26)15-9-13(19)8-14(20)10-15/h2,8-10,12,16-17H,1,3-5,7,11H2/t12-,16+,17-/m0/s1. The van der Waals surface area contributed by atoms with Gasteiger partial charge in [0, 0.05) is 28.5 Å². The SMILES string of the molecule is C=C[C@H]1CN(CC#N)C(=O)[C@@H]2CCC[C@H]1N2S(=O)(=O)c1cc(Cl)cc(Cl)c1. The Bertz CT molecular complexity index is 893. The molecule has 0 saturated carbocycles. The minimum Gasteiger partial charge on any atom is -0.327 e. The number of amides is 1. The van der Waals surface area contributed by atoms with E-state index in [9.17, 15) is 13.2 Å². The molecule has 0 N–H and O–H groups in total. The molecule has 9 heteroatoms. The molecule has 2 heterocycles. The fourth-order valence-electron chi connectivity index (χ4n) is 3.92. The molecule has 3 atom stereocenters. The monoisotopic (exact) mass is 427 g/mol. The van der Waals surface area contributed by atoms with Crippen LogP contribution in [0.15, 0.2) is 35.7 Å². The molecule has 2 aliphatic heterocycles. The second kappa shape index (κ2) is 7.80. The predicted octanol–water partition coefficient (Wildman–Crippen LogP) is 3.07. The molecular weight excluding hydrogens is 409 g/mol. The molecule has 3 rings (SSSR count). The van der Waals surface area contributed by atoms with Gasteiger partial charge in [-0.25, -0.2) is 8.42 Å². The molecule has 0 spiro atoms. The summed E-state index contributed by atoms with van der Waals surface area (Å²) < 4.78 is 28.2. The Labute approximate surface area is 169 Å². The largest absolute Gasteiger partial charge is 0.327 e. The molecular formula is C18H19Cl2N3O3S. The topological polar surface area (TPSA) is 81.5 Å². The molecule has 27 heavy (non-hydrogen) atoms. The number of nitrogens with zero attached hydrogens (tertiary/aromatic N) is 3. The molecule has 1 aromatic rings. The lowest BCUT2D eigenvalue weighted by molar-refractivity contribution is -0.134. The highest BCUT2D eigenvalue weighted by Crippen LogP contribution is 2.38. The number of hydrogen-bond acceptors (Lipinski definition) is 4. The van der Waals surface area contributed by atoms with Crippen molar-refractivity contribution in [1.82, 2.24) is 9.21 Å². The van der Waals surface area contributed by atoms with Crippen LogP contribution in [0.1, 0.15) is 19.3 Å². The van der Waals surface area contributed by atoms with Crippen molar-refractivity contribution in [3.8, 4) is 6.07 Å². The third-order valence-electron chi connectivity index (χ3n) is 5.11. The van der Waals surface area contributed by atoms with Crippen LogP contribution in [0.5, 0.6) is 0 Å². The Kier molecular flexibility index (Phi) is 5.82. The van der Waals surface area contributed by atoms with Crippen molar-refractivity contribution in [2.75, 3.05) is 13.1 Å². The number of halogens is 2. The van der Waals surface area contributed by atoms with Crippen LogP contribution in [-0.2, 0) is 14.8 Å². The third-order valence-corrected chi connectivity index (χ3v) is 7.46. The maximum absolute atomic E-state index is 13.5. The zero-order valence-electron chi connectivity index (χ0n) is 14.5. The third kappa shape index (κ3) is 3.72. The van der Waals surface area contributed by atoms with E-state index in [0.717, 1.165) is 6.42 Å². The first-order valence-electron chi connectivity index (χ1n) is 8.57. The number of carbonyl (C=O) groups is 1. The number of rotatable bonds is 4. The van der Waals surface area contributed by atoms with Crippen LogP contribution >= 0.6 is 23.2 Å². The van der Waals surface area contributed by atoms with Gasteiger partial charge in [-0.05, 0) is 37.5 Å². The Hall–Kier alpha value is -1.59. The second-order valence-electron chi connectivity index (χ2n) is 6.73. The van der Waals surface area contributed by atoms with Crippen LogP contribution in [0.3, 0.4) is 0 Å². The number of carbonyl (C=O) groups excluding carboxylic acids is 1. The van der Waals surface area contributed by atoms with E-state index in [1.165, 1.54) is 27.4 Å². The first kappa shape index (κ1) is 20.2. The summed E-state index contributed by atoms with van der Waals surface area (Å²) in [5, 5.41) is 9.48. The van der Waals surface area contributed by atoms with Gasteiger partial charge in [-0.15, -0.1) is 6.58 Å². The molecule has 1 amide bonds. The minimum absolute atomic E-state index is 0.0405. The number of piperidine rings is 1. The quantitative estimate of drug-likeness (QED) is 0.545. The van der Waals surface area contributed by atoms with Gasteiger partial charge in [0.25, 0.3) is 0 Å². The van der Waals surface area contributed by atoms with Gasteiger partial charge in [0.2, 0.25) is 15.9 Å². The highest BCUT2D eigenvalue weighted by Gasteiger charge is 2.49. The van der Waals surface area contributed by atoms with E-state index in [1.54, 1.807) is 6.08 Å². The molecule has 0 aromatic heterocycles. The van der Waals surface area contributed by atoms with Gasteiger partial charge in [-0.3, -0.25) is 4.79 Å². The van der Waals surface area contributed by atoms with Crippen molar-refractivity contribution in [3.05, 3.63) is 40.9 Å².